The summed E-state index contributed by atoms with van der Waals surface area (Å²) in [5, 5.41) is 5.49. The van der Waals surface area contributed by atoms with E-state index in [1.165, 1.54) is 30.3 Å². The molecule has 0 radical (unpaired) electrons. The third-order valence-electron chi connectivity index (χ3n) is 5.88. The number of hydrogen-bond acceptors (Lipinski definition) is 8. The number of carbonyl (C=O) groups is 3. The van der Waals surface area contributed by atoms with Gasteiger partial charge in [0.1, 0.15) is 22.1 Å². The van der Waals surface area contributed by atoms with Crippen LogP contribution in [-0.4, -0.2) is 33.3 Å². The summed E-state index contributed by atoms with van der Waals surface area (Å²) < 4.78 is 12.1. The van der Waals surface area contributed by atoms with Gasteiger partial charge in [0, 0.05) is 23.1 Å². The molecule has 2 heterocycles. The van der Waals surface area contributed by atoms with E-state index in [9.17, 15) is 19.2 Å². The number of aromatic nitrogens is 2. The first-order valence-electron chi connectivity index (χ1n) is 13.0. The average molecular weight is 583 g/mol. The molecule has 5 rings (SSSR count). The molecule has 0 unspecified atom stereocenters. The molecular formula is C31H26N4O6S. The van der Waals surface area contributed by atoms with Crippen LogP contribution >= 0.6 is 11.3 Å². The van der Waals surface area contributed by atoms with Gasteiger partial charge in [-0.15, -0.1) is 0 Å². The molecule has 0 spiro atoms. The third kappa shape index (κ3) is 6.37. The number of thiazole rings is 1. The van der Waals surface area contributed by atoms with Crippen molar-refractivity contribution in [1.29, 1.82) is 0 Å². The van der Waals surface area contributed by atoms with Crippen molar-refractivity contribution in [2.45, 2.75) is 26.9 Å². The van der Waals surface area contributed by atoms with Crippen molar-refractivity contribution in [1.82, 2.24) is 9.38 Å². The molecule has 0 fully saturated rings. The van der Waals surface area contributed by atoms with Crippen molar-refractivity contribution >= 4 is 45.5 Å². The van der Waals surface area contributed by atoms with Gasteiger partial charge in [0.05, 0.1) is 11.7 Å². The molecule has 42 heavy (non-hydrogen) atoms. The van der Waals surface area contributed by atoms with Crippen LogP contribution in [0.5, 0.6) is 11.5 Å². The van der Waals surface area contributed by atoms with E-state index < -0.39 is 23.3 Å². The molecule has 5 aromatic rings. The smallest absolute Gasteiger partial charge is 0.338 e. The number of hydrogen-bond donors (Lipinski definition) is 2. The number of para-hydroxylation sites is 1. The average Bonchev–Trinajstić information content (AvgIpc) is 3.35. The number of aryl methyl sites for hydroxylation is 1. The number of amides is 2. The molecule has 0 aliphatic rings. The predicted molar refractivity (Wildman–Crippen MR) is 160 cm³/mol. The molecule has 0 aliphatic carbocycles. The van der Waals surface area contributed by atoms with Gasteiger partial charge in [-0.2, -0.15) is 0 Å². The van der Waals surface area contributed by atoms with Gasteiger partial charge in [0.2, 0.25) is 0 Å². The van der Waals surface area contributed by atoms with Gasteiger partial charge in [0.15, 0.2) is 4.96 Å². The molecule has 0 saturated heterocycles. The lowest BCUT2D eigenvalue weighted by atomic mass is 10.2. The summed E-state index contributed by atoms with van der Waals surface area (Å²) in [5.74, 6) is -0.512. The second kappa shape index (κ2) is 12.1. The van der Waals surface area contributed by atoms with E-state index in [2.05, 4.69) is 15.6 Å². The van der Waals surface area contributed by atoms with Crippen molar-refractivity contribution in [3.05, 3.63) is 117 Å². The summed E-state index contributed by atoms with van der Waals surface area (Å²) in [6, 6.07) is 23.4. The van der Waals surface area contributed by atoms with Gasteiger partial charge in [-0.05, 0) is 81.4 Å². The maximum atomic E-state index is 13.5. The Bertz CT molecular complexity index is 1830. The third-order valence-corrected chi connectivity index (χ3v) is 6.92. The highest BCUT2D eigenvalue weighted by Gasteiger charge is 2.26. The highest BCUT2D eigenvalue weighted by Crippen LogP contribution is 2.26. The summed E-state index contributed by atoms with van der Waals surface area (Å²) in [6.45, 7) is 5.16. The van der Waals surface area contributed by atoms with Crippen LogP contribution in [0, 0.1) is 6.92 Å². The molecule has 2 aromatic heterocycles. The Hall–Kier alpha value is -5.29. The normalized spacial score (nSPS) is 10.9. The summed E-state index contributed by atoms with van der Waals surface area (Å²) >= 11 is 0.929. The first-order chi connectivity index (χ1) is 20.2. The number of anilines is 2. The van der Waals surface area contributed by atoms with E-state index in [0.717, 1.165) is 15.7 Å². The van der Waals surface area contributed by atoms with Crippen molar-refractivity contribution < 1.29 is 23.9 Å². The highest BCUT2D eigenvalue weighted by atomic mass is 32.1. The fourth-order valence-electron chi connectivity index (χ4n) is 4.03. The monoisotopic (exact) mass is 582 g/mol. The Labute approximate surface area is 244 Å². The van der Waals surface area contributed by atoms with Crippen LogP contribution < -0.4 is 20.9 Å². The van der Waals surface area contributed by atoms with Gasteiger partial charge in [-0.1, -0.05) is 29.5 Å². The van der Waals surface area contributed by atoms with Crippen LogP contribution in [0.1, 0.15) is 50.1 Å². The number of carbonyl (C=O) groups excluding carboxylic acids is 3. The van der Waals surface area contributed by atoms with Gasteiger partial charge >= 0.3 is 5.97 Å². The van der Waals surface area contributed by atoms with E-state index in [4.69, 9.17) is 9.47 Å². The molecule has 2 N–H and O–H groups in total. The topological polar surface area (TPSA) is 128 Å². The Morgan fingerprint density at radius 3 is 2.07 bits per heavy atom. The minimum Gasteiger partial charge on any atom is -0.459 e. The first-order valence-corrected chi connectivity index (χ1v) is 13.8. The molecule has 2 amide bonds. The van der Waals surface area contributed by atoms with E-state index in [0.29, 0.717) is 34.1 Å². The van der Waals surface area contributed by atoms with E-state index in [-0.39, 0.29) is 21.6 Å². The summed E-state index contributed by atoms with van der Waals surface area (Å²) in [5.41, 5.74) is 0.944. The second-order valence-electron chi connectivity index (χ2n) is 9.51. The van der Waals surface area contributed by atoms with Gasteiger partial charge in [-0.25, -0.2) is 14.2 Å². The standard InChI is InChI=1S/C31H26N4O6S/c1-18(2)40-30(39)20-9-11-21(12-10-20)33-28(37)26-27(42-31-32-19(3)17-25(36)35(26)31)29(38)34-22-13-15-24(16-14-22)41-23-7-5-4-6-8-23/h4-18H,1-3H3,(H,33,37)(H,34,38). The molecule has 0 bridgehead atoms. The van der Waals surface area contributed by atoms with Crippen molar-refractivity contribution in [3.63, 3.8) is 0 Å². The van der Waals surface area contributed by atoms with E-state index in [1.807, 2.05) is 30.3 Å². The predicted octanol–water partition coefficient (Wildman–Crippen LogP) is 5.93. The maximum absolute atomic E-state index is 13.5. The van der Waals surface area contributed by atoms with Crippen molar-refractivity contribution in [2.75, 3.05) is 10.6 Å². The lowest BCUT2D eigenvalue weighted by Gasteiger charge is -2.10. The Balaban J connectivity index is 1.40. The van der Waals surface area contributed by atoms with Crippen LogP contribution in [0.15, 0.2) is 89.7 Å². The zero-order valence-corrected chi connectivity index (χ0v) is 23.7. The van der Waals surface area contributed by atoms with Crippen LogP contribution in [0.25, 0.3) is 4.96 Å². The maximum Gasteiger partial charge on any atom is 0.338 e. The largest absolute Gasteiger partial charge is 0.459 e. The Morgan fingerprint density at radius 1 is 0.833 bits per heavy atom. The van der Waals surface area contributed by atoms with Gasteiger partial charge < -0.3 is 20.1 Å². The Morgan fingerprint density at radius 2 is 1.43 bits per heavy atom. The molecule has 0 atom stereocenters. The summed E-state index contributed by atoms with van der Waals surface area (Å²) in [6.07, 6.45) is -0.274. The lowest BCUT2D eigenvalue weighted by Crippen LogP contribution is -2.25. The van der Waals surface area contributed by atoms with Crippen molar-refractivity contribution in [3.8, 4) is 11.5 Å². The minimum atomic E-state index is -0.691. The fraction of sp³-hybridized carbons (Fsp3) is 0.129. The van der Waals surface area contributed by atoms with Crippen LogP contribution in [0.4, 0.5) is 11.4 Å². The molecule has 212 valence electrons. The van der Waals surface area contributed by atoms with Crippen LogP contribution in [0.3, 0.4) is 0 Å². The molecule has 10 nitrogen and oxygen atoms in total. The van der Waals surface area contributed by atoms with E-state index >= 15 is 0 Å². The minimum absolute atomic E-state index is 0.00411. The summed E-state index contributed by atoms with van der Waals surface area (Å²) in [4.78, 5) is 56.6. The Kier molecular flexibility index (Phi) is 8.12. The number of benzene rings is 3. The van der Waals surface area contributed by atoms with Gasteiger partial charge in [0.25, 0.3) is 17.4 Å². The van der Waals surface area contributed by atoms with Gasteiger partial charge in [-0.3, -0.25) is 14.4 Å². The molecular weight excluding hydrogens is 556 g/mol. The van der Waals surface area contributed by atoms with Crippen LogP contribution in [0.2, 0.25) is 0 Å². The zero-order valence-electron chi connectivity index (χ0n) is 22.9. The van der Waals surface area contributed by atoms with Crippen LogP contribution in [-0.2, 0) is 4.74 Å². The van der Waals surface area contributed by atoms with Crippen molar-refractivity contribution in [2.24, 2.45) is 0 Å². The number of nitrogens with one attached hydrogen (secondary N) is 2. The quantitative estimate of drug-likeness (QED) is 0.217. The first kappa shape index (κ1) is 28.2. The number of fused-ring (bicyclic) bond motifs is 1. The summed E-state index contributed by atoms with van der Waals surface area (Å²) in [7, 11) is 0. The number of rotatable bonds is 8. The van der Waals surface area contributed by atoms with E-state index in [1.54, 1.807) is 45.0 Å². The molecule has 0 aliphatic heterocycles. The number of esters is 1. The lowest BCUT2D eigenvalue weighted by molar-refractivity contribution is 0.0377. The second-order valence-corrected chi connectivity index (χ2v) is 10.5. The highest BCUT2D eigenvalue weighted by molar-refractivity contribution is 7.19. The molecule has 11 heteroatoms. The molecule has 3 aromatic carbocycles. The number of ether oxygens (including phenoxy) is 2. The molecule has 0 saturated carbocycles. The number of nitrogens with zero attached hydrogens (tertiary/aromatic N) is 2. The SMILES string of the molecule is Cc1cc(=O)n2c(C(=O)Nc3ccc(C(=O)OC(C)C)cc3)c(C(=O)Nc3ccc(Oc4ccccc4)cc3)sc2n1. The fourth-order valence-corrected chi connectivity index (χ4v) is 5.09. The zero-order chi connectivity index (χ0) is 29.8.